The zero-order valence-electron chi connectivity index (χ0n) is 12.2. The normalized spacial score (nSPS) is 11.0. The van der Waals surface area contributed by atoms with Gasteiger partial charge in [0.15, 0.2) is 5.84 Å². The van der Waals surface area contributed by atoms with Crippen molar-refractivity contribution in [2.45, 2.75) is 13.8 Å². The van der Waals surface area contributed by atoms with Crippen molar-refractivity contribution in [2.24, 2.45) is 10.9 Å². The summed E-state index contributed by atoms with van der Waals surface area (Å²) in [6.45, 7) is 4.53. The molecule has 0 saturated heterocycles. The van der Waals surface area contributed by atoms with Gasteiger partial charge in [-0.05, 0) is 26.0 Å². The van der Waals surface area contributed by atoms with Gasteiger partial charge < -0.3 is 21.2 Å². The topological polar surface area (TPSA) is 108 Å². The molecule has 1 aromatic rings. The van der Waals surface area contributed by atoms with E-state index in [0.717, 1.165) is 0 Å². The number of likely N-dealkylation sites (N-methyl/N-ethyl adjacent to an activating group) is 2. The molecule has 0 spiro atoms. The van der Waals surface area contributed by atoms with Crippen LogP contribution in [0.3, 0.4) is 0 Å². The van der Waals surface area contributed by atoms with Gasteiger partial charge in [0.05, 0.1) is 6.54 Å². The minimum atomic E-state index is -0.281. The van der Waals surface area contributed by atoms with Gasteiger partial charge in [-0.2, -0.15) is 0 Å². The quantitative estimate of drug-likeness (QED) is 0.305. The highest BCUT2D eigenvalue weighted by atomic mass is 16.4. The Morgan fingerprint density at radius 3 is 2.57 bits per heavy atom. The summed E-state index contributed by atoms with van der Waals surface area (Å²) in [6, 6.07) is 6.42. The molecule has 0 aliphatic carbocycles. The number of nitrogens with zero attached hydrogens (tertiary/aromatic N) is 2. The lowest BCUT2D eigenvalue weighted by Gasteiger charge is -2.20. The van der Waals surface area contributed by atoms with Crippen molar-refractivity contribution in [3.8, 4) is 0 Å². The molecule has 1 rings (SSSR count). The molecule has 0 aliphatic heterocycles. The van der Waals surface area contributed by atoms with Crippen LogP contribution in [0.15, 0.2) is 29.4 Å². The van der Waals surface area contributed by atoms with Crippen LogP contribution in [0.25, 0.3) is 0 Å². The van der Waals surface area contributed by atoms with E-state index >= 15 is 0 Å². The van der Waals surface area contributed by atoms with Gasteiger partial charge in [-0.1, -0.05) is 17.3 Å². The van der Waals surface area contributed by atoms with Crippen molar-refractivity contribution >= 4 is 17.6 Å². The first kappa shape index (κ1) is 16.5. The van der Waals surface area contributed by atoms with Crippen molar-refractivity contribution in [1.29, 1.82) is 0 Å². The molecule has 0 fully saturated rings. The van der Waals surface area contributed by atoms with Gasteiger partial charge in [0.2, 0.25) is 5.91 Å². The standard InChI is InChI=1S/C14H20N4O3/c1-3-16-12(19)9-18(4-2)14(20)11-7-5-6-10(8-11)13(15)17-21/h5-8,21H,3-4,9H2,1-2H3,(H2,15,17)(H,16,19). The minimum Gasteiger partial charge on any atom is -0.409 e. The number of carbonyl (C=O) groups excluding carboxylic acids is 2. The average Bonchev–Trinajstić information content (AvgIpc) is 2.51. The summed E-state index contributed by atoms with van der Waals surface area (Å²) >= 11 is 0. The Morgan fingerprint density at radius 2 is 2.00 bits per heavy atom. The number of rotatable bonds is 6. The van der Waals surface area contributed by atoms with Crippen molar-refractivity contribution < 1.29 is 14.8 Å². The number of amides is 2. The maximum atomic E-state index is 12.4. The molecule has 0 atom stereocenters. The highest BCUT2D eigenvalue weighted by Gasteiger charge is 2.17. The Bertz CT molecular complexity index is 543. The predicted molar refractivity (Wildman–Crippen MR) is 79.2 cm³/mol. The molecule has 114 valence electrons. The van der Waals surface area contributed by atoms with Crippen LogP contribution in [0.1, 0.15) is 29.8 Å². The molecule has 0 aromatic heterocycles. The van der Waals surface area contributed by atoms with Crippen LogP contribution in [0.2, 0.25) is 0 Å². The molecule has 2 amide bonds. The molecule has 0 bridgehead atoms. The van der Waals surface area contributed by atoms with E-state index in [-0.39, 0.29) is 24.2 Å². The Morgan fingerprint density at radius 1 is 1.33 bits per heavy atom. The molecule has 0 aliphatic rings. The Kier molecular flexibility index (Phi) is 6.19. The Labute approximate surface area is 123 Å². The van der Waals surface area contributed by atoms with Crippen LogP contribution >= 0.6 is 0 Å². The van der Waals surface area contributed by atoms with Crippen LogP contribution in [0.4, 0.5) is 0 Å². The number of carbonyl (C=O) groups is 2. The maximum Gasteiger partial charge on any atom is 0.254 e. The summed E-state index contributed by atoms with van der Waals surface area (Å²) in [4.78, 5) is 25.4. The average molecular weight is 292 g/mol. The maximum absolute atomic E-state index is 12.4. The zero-order chi connectivity index (χ0) is 15.8. The monoisotopic (exact) mass is 292 g/mol. The summed E-state index contributed by atoms with van der Waals surface area (Å²) in [7, 11) is 0. The molecule has 1 aromatic carbocycles. The van der Waals surface area contributed by atoms with E-state index in [9.17, 15) is 9.59 Å². The van der Waals surface area contributed by atoms with Crippen LogP contribution in [0, 0.1) is 0 Å². The number of hydrogen-bond acceptors (Lipinski definition) is 4. The third-order valence-corrected chi connectivity index (χ3v) is 2.89. The number of nitrogens with one attached hydrogen (secondary N) is 1. The van der Waals surface area contributed by atoms with E-state index in [2.05, 4.69) is 10.5 Å². The molecule has 21 heavy (non-hydrogen) atoms. The molecule has 0 saturated carbocycles. The highest BCUT2D eigenvalue weighted by molar-refractivity contribution is 6.01. The summed E-state index contributed by atoms with van der Waals surface area (Å²) in [5.41, 5.74) is 6.33. The van der Waals surface area contributed by atoms with Gasteiger partial charge >= 0.3 is 0 Å². The first-order valence-electron chi connectivity index (χ1n) is 6.67. The number of benzene rings is 1. The zero-order valence-corrected chi connectivity index (χ0v) is 12.2. The fraction of sp³-hybridized carbons (Fsp3) is 0.357. The molecule has 4 N–H and O–H groups in total. The molecule has 7 heteroatoms. The Hall–Kier alpha value is -2.57. The summed E-state index contributed by atoms with van der Waals surface area (Å²) in [5, 5.41) is 14.2. The Balaban J connectivity index is 2.92. The van der Waals surface area contributed by atoms with Crippen LogP contribution < -0.4 is 11.1 Å². The fourth-order valence-electron chi connectivity index (χ4n) is 1.81. The van der Waals surface area contributed by atoms with Gasteiger partial charge in [0.25, 0.3) is 5.91 Å². The summed E-state index contributed by atoms with van der Waals surface area (Å²) < 4.78 is 0. The second-order valence-electron chi connectivity index (χ2n) is 4.34. The molecular formula is C14H20N4O3. The predicted octanol–water partition coefficient (Wildman–Crippen LogP) is 0.379. The molecule has 0 unspecified atom stereocenters. The lowest BCUT2D eigenvalue weighted by Crippen LogP contribution is -2.40. The second-order valence-corrected chi connectivity index (χ2v) is 4.34. The van der Waals surface area contributed by atoms with Crippen molar-refractivity contribution in [1.82, 2.24) is 10.2 Å². The summed E-state index contributed by atoms with van der Waals surface area (Å²) in [5.74, 6) is -0.562. The smallest absolute Gasteiger partial charge is 0.254 e. The number of hydrogen-bond donors (Lipinski definition) is 3. The number of nitrogens with two attached hydrogens (primary N) is 1. The highest BCUT2D eigenvalue weighted by Crippen LogP contribution is 2.08. The lowest BCUT2D eigenvalue weighted by molar-refractivity contribution is -0.121. The second kappa shape index (κ2) is 7.88. The van der Waals surface area contributed by atoms with E-state index < -0.39 is 0 Å². The largest absolute Gasteiger partial charge is 0.409 e. The molecule has 0 radical (unpaired) electrons. The van der Waals surface area contributed by atoms with Gasteiger partial charge in [-0.15, -0.1) is 0 Å². The van der Waals surface area contributed by atoms with E-state index in [1.54, 1.807) is 25.1 Å². The van der Waals surface area contributed by atoms with Crippen molar-refractivity contribution in [3.63, 3.8) is 0 Å². The number of amidine groups is 1. The van der Waals surface area contributed by atoms with E-state index in [1.807, 2.05) is 6.92 Å². The SMILES string of the molecule is CCNC(=O)CN(CC)C(=O)c1cccc(C(N)=NO)c1. The first-order chi connectivity index (χ1) is 10.0. The molecule has 7 nitrogen and oxygen atoms in total. The first-order valence-corrected chi connectivity index (χ1v) is 6.67. The third-order valence-electron chi connectivity index (χ3n) is 2.89. The van der Waals surface area contributed by atoms with Crippen LogP contribution in [-0.2, 0) is 4.79 Å². The lowest BCUT2D eigenvalue weighted by atomic mass is 10.1. The minimum absolute atomic E-state index is 0.00300. The van der Waals surface area contributed by atoms with Crippen LogP contribution in [-0.4, -0.2) is 47.4 Å². The summed E-state index contributed by atoms with van der Waals surface area (Å²) in [6.07, 6.45) is 0. The van der Waals surface area contributed by atoms with Crippen molar-refractivity contribution in [2.75, 3.05) is 19.6 Å². The van der Waals surface area contributed by atoms with E-state index in [4.69, 9.17) is 10.9 Å². The fourth-order valence-corrected chi connectivity index (χ4v) is 1.81. The van der Waals surface area contributed by atoms with Crippen molar-refractivity contribution in [3.05, 3.63) is 35.4 Å². The van der Waals surface area contributed by atoms with E-state index in [1.165, 1.54) is 11.0 Å². The van der Waals surface area contributed by atoms with Gasteiger partial charge in [-0.3, -0.25) is 9.59 Å². The van der Waals surface area contributed by atoms with Crippen LogP contribution in [0.5, 0.6) is 0 Å². The third kappa shape index (κ3) is 4.48. The molecular weight excluding hydrogens is 272 g/mol. The van der Waals surface area contributed by atoms with E-state index in [0.29, 0.717) is 24.2 Å². The number of oxime groups is 1. The van der Waals surface area contributed by atoms with Gasteiger partial charge in [-0.25, -0.2) is 0 Å². The molecule has 0 heterocycles. The van der Waals surface area contributed by atoms with Gasteiger partial charge in [0.1, 0.15) is 0 Å². The van der Waals surface area contributed by atoms with Gasteiger partial charge in [0, 0.05) is 24.2 Å².